The molecule has 0 aromatic heterocycles. The highest BCUT2D eigenvalue weighted by Crippen LogP contribution is 2.28. The van der Waals surface area contributed by atoms with Crippen molar-refractivity contribution in [1.82, 2.24) is 10.9 Å². The van der Waals surface area contributed by atoms with Crippen molar-refractivity contribution in [3.05, 3.63) is 90.0 Å². The maximum atomic E-state index is 12.3. The van der Waals surface area contributed by atoms with Crippen molar-refractivity contribution in [2.45, 2.75) is 26.2 Å². The van der Waals surface area contributed by atoms with E-state index in [1.54, 1.807) is 24.3 Å². The average Bonchev–Trinajstić information content (AvgIpc) is 2.89. The number of amides is 2. The van der Waals surface area contributed by atoms with Crippen LogP contribution in [0.3, 0.4) is 0 Å². The van der Waals surface area contributed by atoms with Crippen molar-refractivity contribution >= 4 is 11.8 Å². The molecule has 0 spiro atoms. The Morgan fingerprint density at radius 3 is 2.06 bits per heavy atom. The molecule has 7 nitrogen and oxygen atoms in total. The lowest BCUT2D eigenvalue weighted by Gasteiger charge is -2.15. The van der Waals surface area contributed by atoms with Gasteiger partial charge < -0.3 is 14.2 Å². The van der Waals surface area contributed by atoms with Crippen molar-refractivity contribution in [2.75, 3.05) is 19.8 Å². The van der Waals surface area contributed by atoms with Crippen molar-refractivity contribution in [1.29, 1.82) is 0 Å². The van der Waals surface area contributed by atoms with E-state index in [1.807, 2.05) is 54.6 Å². The van der Waals surface area contributed by atoms with E-state index in [0.717, 1.165) is 17.7 Å². The normalized spacial score (nSPS) is 11.2. The molecular weight excluding hydrogens is 432 g/mol. The fraction of sp³-hybridized carbons (Fsp3) is 0.259. The lowest BCUT2D eigenvalue weighted by atomic mass is 9.98. The molecular formula is C27H30N2O5. The zero-order valence-corrected chi connectivity index (χ0v) is 19.5. The molecule has 3 aromatic rings. The van der Waals surface area contributed by atoms with E-state index in [9.17, 15) is 9.59 Å². The van der Waals surface area contributed by atoms with Gasteiger partial charge in [-0.05, 0) is 60.4 Å². The number of para-hydroxylation sites is 2. The van der Waals surface area contributed by atoms with Crippen LogP contribution in [-0.4, -0.2) is 31.6 Å². The molecule has 2 amide bonds. The number of hydrogen-bond acceptors (Lipinski definition) is 5. The zero-order valence-electron chi connectivity index (χ0n) is 19.5. The van der Waals surface area contributed by atoms with E-state index in [4.69, 9.17) is 14.2 Å². The van der Waals surface area contributed by atoms with Gasteiger partial charge in [0.15, 0.2) is 6.61 Å². The SMILES string of the molecule is CCC(C)c1ccccc1OCC(=O)NNC(=O)c1ccc(OCCOc2ccccc2)cc1. The molecule has 1 atom stereocenters. The number of nitrogens with one attached hydrogen (secondary N) is 2. The summed E-state index contributed by atoms with van der Waals surface area (Å²) in [6, 6.07) is 23.8. The molecule has 178 valence electrons. The van der Waals surface area contributed by atoms with Crippen LogP contribution in [0, 0.1) is 0 Å². The third-order valence-electron chi connectivity index (χ3n) is 5.22. The zero-order chi connectivity index (χ0) is 24.2. The summed E-state index contributed by atoms with van der Waals surface area (Å²) < 4.78 is 16.9. The molecule has 0 saturated carbocycles. The predicted octanol–water partition coefficient (Wildman–Crippen LogP) is 4.50. The maximum Gasteiger partial charge on any atom is 0.276 e. The van der Waals surface area contributed by atoms with Crippen LogP contribution in [0.25, 0.3) is 0 Å². The van der Waals surface area contributed by atoms with E-state index in [-0.39, 0.29) is 6.61 Å². The number of benzene rings is 3. The van der Waals surface area contributed by atoms with Crippen LogP contribution in [0.5, 0.6) is 17.2 Å². The number of hydrazine groups is 1. The van der Waals surface area contributed by atoms with Gasteiger partial charge in [-0.2, -0.15) is 0 Å². The highest BCUT2D eigenvalue weighted by atomic mass is 16.5. The van der Waals surface area contributed by atoms with E-state index in [2.05, 4.69) is 24.7 Å². The largest absolute Gasteiger partial charge is 0.490 e. The Morgan fingerprint density at radius 1 is 0.765 bits per heavy atom. The van der Waals surface area contributed by atoms with E-state index >= 15 is 0 Å². The first kappa shape index (κ1) is 24.6. The summed E-state index contributed by atoms with van der Waals surface area (Å²) in [7, 11) is 0. The van der Waals surface area contributed by atoms with Crippen LogP contribution in [0.15, 0.2) is 78.9 Å². The highest BCUT2D eigenvalue weighted by molar-refractivity contribution is 5.95. The van der Waals surface area contributed by atoms with Gasteiger partial charge in [-0.3, -0.25) is 20.4 Å². The van der Waals surface area contributed by atoms with Crippen molar-refractivity contribution in [3.63, 3.8) is 0 Å². The maximum absolute atomic E-state index is 12.3. The smallest absolute Gasteiger partial charge is 0.276 e. The van der Waals surface area contributed by atoms with Gasteiger partial charge in [-0.15, -0.1) is 0 Å². The Balaban J connectivity index is 1.38. The van der Waals surface area contributed by atoms with Crippen LogP contribution in [0.4, 0.5) is 0 Å². The van der Waals surface area contributed by atoms with Gasteiger partial charge in [0.2, 0.25) is 0 Å². The van der Waals surface area contributed by atoms with Gasteiger partial charge in [0.1, 0.15) is 30.5 Å². The summed E-state index contributed by atoms with van der Waals surface area (Å²) in [4.78, 5) is 24.4. The summed E-state index contributed by atoms with van der Waals surface area (Å²) in [5, 5.41) is 0. The number of rotatable bonds is 11. The first-order chi connectivity index (χ1) is 16.6. The number of carbonyl (C=O) groups is 2. The number of ether oxygens (including phenoxy) is 3. The van der Waals surface area contributed by atoms with E-state index < -0.39 is 11.8 Å². The van der Waals surface area contributed by atoms with Crippen LogP contribution in [0.1, 0.15) is 42.1 Å². The molecule has 1 unspecified atom stereocenters. The average molecular weight is 463 g/mol. The molecule has 0 heterocycles. The molecule has 0 aliphatic rings. The van der Waals surface area contributed by atoms with Crippen molar-refractivity contribution in [2.24, 2.45) is 0 Å². The monoisotopic (exact) mass is 462 g/mol. The molecule has 3 aromatic carbocycles. The Morgan fingerprint density at radius 2 is 1.38 bits per heavy atom. The summed E-state index contributed by atoms with van der Waals surface area (Å²) in [5.41, 5.74) is 6.21. The van der Waals surface area contributed by atoms with Crippen molar-refractivity contribution < 1.29 is 23.8 Å². The Labute approximate surface area is 200 Å². The predicted molar refractivity (Wildman–Crippen MR) is 130 cm³/mol. The summed E-state index contributed by atoms with van der Waals surface area (Å²) in [6.07, 6.45) is 0.966. The minimum Gasteiger partial charge on any atom is -0.490 e. The van der Waals surface area contributed by atoms with Gasteiger partial charge in [0.25, 0.3) is 11.8 Å². The fourth-order valence-corrected chi connectivity index (χ4v) is 3.16. The molecule has 0 aliphatic carbocycles. The molecule has 0 saturated heterocycles. The van der Waals surface area contributed by atoms with Gasteiger partial charge >= 0.3 is 0 Å². The second-order valence-electron chi connectivity index (χ2n) is 7.67. The minimum absolute atomic E-state index is 0.203. The molecule has 0 radical (unpaired) electrons. The summed E-state index contributed by atoms with van der Waals surface area (Å²) >= 11 is 0. The fourth-order valence-electron chi connectivity index (χ4n) is 3.16. The lowest BCUT2D eigenvalue weighted by Crippen LogP contribution is -2.43. The molecule has 7 heteroatoms. The Kier molecular flexibility index (Phi) is 9.34. The number of carbonyl (C=O) groups excluding carboxylic acids is 2. The summed E-state index contributed by atoms with van der Waals surface area (Å²) in [6.45, 7) is 4.78. The Bertz CT molecular complexity index is 1050. The first-order valence-corrected chi connectivity index (χ1v) is 11.3. The van der Waals surface area contributed by atoms with Gasteiger partial charge in [-0.1, -0.05) is 50.2 Å². The first-order valence-electron chi connectivity index (χ1n) is 11.3. The molecule has 2 N–H and O–H groups in total. The lowest BCUT2D eigenvalue weighted by molar-refractivity contribution is -0.123. The van der Waals surface area contributed by atoms with Crippen LogP contribution in [0.2, 0.25) is 0 Å². The second-order valence-corrected chi connectivity index (χ2v) is 7.67. The third-order valence-corrected chi connectivity index (χ3v) is 5.22. The minimum atomic E-state index is -0.453. The molecule has 3 rings (SSSR count). The van der Waals surface area contributed by atoms with Crippen LogP contribution in [-0.2, 0) is 4.79 Å². The number of hydrogen-bond donors (Lipinski definition) is 2. The second kappa shape index (κ2) is 12.9. The van der Waals surface area contributed by atoms with Gasteiger partial charge in [-0.25, -0.2) is 0 Å². The quantitative estimate of drug-likeness (QED) is 0.324. The molecule has 34 heavy (non-hydrogen) atoms. The standard InChI is InChI=1S/C27H30N2O5/c1-3-20(2)24-11-7-8-12-25(24)34-19-26(30)28-29-27(31)21-13-15-23(16-14-21)33-18-17-32-22-9-5-4-6-10-22/h4-16,20H,3,17-19H2,1-2H3,(H,28,30)(H,29,31). The Hall–Kier alpha value is -4.00. The molecule has 0 aliphatic heterocycles. The molecule has 0 bridgehead atoms. The topological polar surface area (TPSA) is 85.9 Å². The van der Waals surface area contributed by atoms with Gasteiger partial charge in [0.05, 0.1) is 0 Å². The van der Waals surface area contributed by atoms with Crippen molar-refractivity contribution in [3.8, 4) is 17.2 Å². The van der Waals surface area contributed by atoms with Gasteiger partial charge in [0, 0.05) is 5.56 Å². The highest BCUT2D eigenvalue weighted by Gasteiger charge is 2.12. The molecule has 0 fully saturated rings. The third kappa shape index (κ3) is 7.55. The van der Waals surface area contributed by atoms with Crippen LogP contribution >= 0.6 is 0 Å². The van der Waals surface area contributed by atoms with E-state index in [1.165, 1.54) is 0 Å². The summed E-state index contributed by atoms with van der Waals surface area (Å²) in [5.74, 6) is 1.50. The van der Waals surface area contributed by atoms with Crippen LogP contribution < -0.4 is 25.1 Å². The van der Waals surface area contributed by atoms with E-state index in [0.29, 0.717) is 36.2 Å².